The van der Waals surface area contributed by atoms with Crippen molar-refractivity contribution in [3.63, 3.8) is 0 Å². The third-order valence-electron chi connectivity index (χ3n) is 3.47. The minimum absolute atomic E-state index is 0.338. The number of H-pyrrole nitrogens is 1. The van der Waals surface area contributed by atoms with Crippen molar-refractivity contribution in [2.24, 2.45) is 4.36 Å². The first-order valence-electron chi connectivity index (χ1n) is 6.40. The van der Waals surface area contributed by atoms with Crippen molar-refractivity contribution in [2.45, 2.75) is 13.1 Å². The zero-order valence-electron chi connectivity index (χ0n) is 11.4. The van der Waals surface area contributed by atoms with Crippen LogP contribution in [0.2, 0.25) is 0 Å². The summed E-state index contributed by atoms with van der Waals surface area (Å²) in [5, 5.41) is 0. The monoisotopic (exact) mass is 321 g/mol. The van der Waals surface area contributed by atoms with Gasteiger partial charge in [0.25, 0.3) is 0 Å². The Bertz CT molecular complexity index is 868. The van der Waals surface area contributed by atoms with Gasteiger partial charge in [0.2, 0.25) is 0 Å². The molecule has 0 unspecified atom stereocenters. The number of nitrogens with zero attached hydrogens (tertiary/aromatic N) is 2. The second-order valence-electron chi connectivity index (χ2n) is 4.86. The smallest absolute Gasteiger partial charge is 0.338 e. The zero-order valence-corrected chi connectivity index (χ0v) is 12.2. The van der Waals surface area contributed by atoms with Gasteiger partial charge in [-0.3, -0.25) is 0 Å². The summed E-state index contributed by atoms with van der Waals surface area (Å²) < 4.78 is 42.0. The summed E-state index contributed by atoms with van der Waals surface area (Å²) in [6.07, 6.45) is -4.38. The minimum Gasteiger partial charge on any atom is -0.338 e. The molecule has 112 valence electrons. The van der Waals surface area contributed by atoms with Gasteiger partial charge in [0.15, 0.2) is 0 Å². The molecule has 3 aromatic rings. The Morgan fingerprint density at radius 2 is 1.95 bits per heavy atom. The van der Waals surface area contributed by atoms with Crippen molar-refractivity contribution in [3.8, 4) is 11.4 Å². The maximum atomic E-state index is 12.8. The summed E-state index contributed by atoms with van der Waals surface area (Å²) >= 11 is 4.71. The number of aromatic nitrogens is 2. The summed E-state index contributed by atoms with van der Waals surface area (Å²) in [6.45, 7) is 1.84. The van der Waals surface area contributed by atoms with Crippen LogP contribution in [0.4, 0.5) is 18.9 Å². The first-order valence-corrected chi connectivity index (χ1v) is 6.77. The van der Waals surface area contributed by atoms with E-state index in [2.05, 4.69) is 14.3 Å². The van der Waals surface area contributed by atoms with Gasteiger partial charge in [0.1, 0.15) is 5.82 Å². The van der Waals surface area contributed by atoms with Crippen LogP contribution >= 0.6 is 0 Å². The third-order valence-corrected chi connectivity index (χ3v) is 3.66. The molecule has 7 heteroatoms. The van der Waals surface area contributed by atoms with Crippen LogP contribution in [0.3, 0.4) is 0 Å². The predicted molar refractivity (Wildman–Crippen MR) is 80.7 cm³/mol. The van der Waals surface area contributed by atoms with Crippen LogP contribution in [0.25, 0.3) is 22.4 Å². The average Bonchev–Trinajstić information content (AvgIpc) is 2.89. The average molecular weight is 321 g/mol. The molecule has 0 aliphatic carbocycles. The summed E-state index contributed by atoms with van der Waals surface area (Å²) in [5.74, 6) is 0.493. The molecule has 3 nitrogen and oxygen atoms in total. The number of hydrogen-bond donors (Lipinski definition) is 1. The van der Waals surface area contributed by atoms with Crippen LogP contribution in [0.15, 0.2) is 40.8 Å². The number of rotatable bonds is 2. The normalized spacial score (nSPS) is 11.8. The van der Waals surface area contributed by atoms with Gasteiger partial charge in [-0.05, 0) is 36.8 Å². The Kier molecular flexibility index (Phi) is 3.44. The highest BCUT2D eigenvalue weighted by Gasteiger charge is 2.30. The molecule has 22 heavy (non-hydrogen) atoms. The van der Waals surface area contributed by atoms with E-state index >= 15 is 0 Å². The van der Waals surface area contributed by atoms with Crippen molar-refractivity contribution >= 4 is 29.1 Å². The van der Waals surface area contributed by atoms with Gasteiger partial charge in [-0.1, -0.05) is 12.1 Å². The molecule has 1 heterocycles. The molecule has 0 saturated heterocycles. The molecule has 2 aromatic carbocycles. The van der Waals surface area contributed by atoms with E-state index in [0.29, 0.717) is 22.5 Å². The lowest BCUT2D eigenvalue weighted by atomic mass is 10.1. The van der Waals surface area contributed by atoms with Crippen molar-refractivity contribution in [3.05, 3.63) is 47.5 Å². The highest BCUT2D eigenvalue weighted by molar-refractivity contribution is 7.47. The molecular formula is C15H10F3N3S. The maximum Gasteiger partial charge on any atom is 0.416 e. The Balaban J connectivity index is 2.15. The van der Waals surface area contributed by atoms with Gasteiger partial charge in [-0.15, -0.1) is 0 Å². The topological polar surface area (TPSA) is 41.0 Å². The van der Waals surface area contributed by atoms with Crippen LogP contribution in [0.5, 0.6) is 0 Å². The number of imidazole rings is 1. The largest absolute Gasteiger partial charge is 0.416 e. The number of aromatic amines is 1. The first kappa shape index (κ1) is 14.6. The Hall–Kier alpha value is -2.28. The van der Waals surface area contributed by atoms with Crippen molar-refractivity contribution < 1.29 is 13.2 Å². The third kappa shape index (κ3) is 2.48. The van der Waals surface area contributed by atoms with E-state index in [1.165, 1.54) is 6.07 Å². The number of nitrogens with one attached hydrogen (secondary N) is 1. The molecule has 3 rings (SSSR count). The molecule has 0 bridgehead atoms. The molecule has 0 spiro atoms. The Labute approximate surface area is 129 Å². The SMILES string of the molecule is Cc1c(N=S)cccc1-c1nc2ccc(C(F)(F)F)cc2[nH]1. The lowest BCUT2D eigenvalue weighted by Crippen LogP contribution is -2.04. The molecule has 0 atom stereocenters. The Morgan fingerprint density at radius 1 is 1.18 bits per heavy atom. The quantitative estimate of drug-likeness (QED) is 0.728. The second kappa shape index (κ2) is 5.17. The van der Waals surface area contributed by atoms with Crippen molar-refractivity contribution in [2.75, 3.05) is 0 Å². The van der Waals surface area contributed by atoms with E-state index in [1.54, 1.807) is 12.1 Å². The maximum absolute atomic E-state index is 12.8. The van der Waals surface area contributed by atoms with Crippen LogP contribution in [-0.2, 0) is 18.6 Å². The van der Waals surface area contributed by atoms with E-state index in [-0.39, 0.29) is 0 Å². The van der Waals surface area contributed by atoms with Gasteiger partial charge in [0, 0.05) is 18.0 Å². The van der Waals surface area contributed by atoms with Gasteiger partial charge in [-0.2, -0.15) is 17.5 Å². The van der Waals surface area contributed by atoms with Crippen molar-refractivity contribution in [1.29, 1.82) is 0 Å². The lowest BCUT2D eigenvalue weighted by Gasteiger charge is -2.05. The molecule has 1 aromatic heterocycles. The fourth-order valence-electron chi connectivity index (χ4n) is 2.29. The zero-order chi connectivity index (χ0) is 15.9. The molecule has 0 fully saturated rings. The number of hydrogen-bond acceptors (Lipinski definition) is 3. The number of alkyl halides is 3. The van der Waals surface area contributed by atoms with E-state index in [4.69, 9.17) is 12.4 Å². The molecule has 0 aliphatic heterocycles. The second-order valence-corrected chi connectivity index (χ2v) is 5.04. The van der Waals surface area contributed by atoms with E-state index in [0.717, 1.165) is 23.3 Å². The molecule has 0 radical (unpaired) electrons. The van der Waals surface area contributed by atoms with Crippen molar-refractivity contribution in [1.82, 2.24) is 9.97 Å². The van der Waals surface area contributed by atoms with Gasteiger partial charge < -0.3 is 4.98 Å². The summed E-state index contributed by atoms with van der Waals surface area (Å²) in [5.41, 5.74) is 2.33. The standard InChI is InChI=1S/C15H10F3N3S/c1-8-10(3-2-4-11(8)21-22)14-19-12-6-5-9(15(16,17)18)7-13(12)20-14/h2-7H,1H3,(H,19,20). The summed E-state index contributed by atoms with van der Waals surface area (Å²) in [7, 11) is 0. The van der Waals surface area contributed by atoms with Gasteiger partial charge in [-0.25, -0.2) is 4.98 Å². The lowest BCUT2D eigenvalue weighted by molar-refractivity contribution is -0.137. The summed E-state index contributed by atoms with van der Waals surface area (Å²) in [6, 6.07) is 8.81. The Morgan fingerprint density at radius 3 is 2.64 bits per heavy atom. The van der Waals surface area contributed by atoms with Crippen LogP contribution < -0.4 is 0 Å². The van der Waals surface area contributed by atoms with E-state index in [1.807, 2.05) is 13.0 Å². The fraction of sp³-hybridized carbons (Fsp3) is 0.133. The minimum atomic E-state index is -4.38. The molecule has 0 amide bonds. The summed E-state index contributed by atoms with van der Waals surface area (Å²) in [4.78, 5) is 7.27. The van der Waals surface area contributed by atoms with Crippen LogP contribution in [0, 0.1) is 6.92 Å². The van der Waals surface area contributed by atoms with E-state index in [9.17, 15) is 13.2 Å². The van der Waals surface area contributed by atoms with Crippen LogP contribution in [-0.4, -0.2) is 9.97 Å². The van der Waals surface area contributed by atoms with Crippen LogP contribution in [0.1, 0.15) is 11.1 Å². The van der Waals surface area contributed by atoms with E-state index < -0.39 is 11.7 Å². The predicted octanol–water partition coefficient (Wildman–Crippen LogP) is 4.92. The number of fused-ring (bicyclic) bond motifs is 1. The molecule has 0 saturated carbocycles. The molecule has 0 aliphatic rings. The highest BCUT2D eigenvalue weighted by Crippen LogP contribution is 2.33. The van der Waals surface area contributed by atoms with Gasteiger partial charge >= 0.3 is 6.18 Å². The number of benzene rings is 2. The first-order chi connectivity index (χ1) is 10.4. The van der Waals surface area contributed by atoms with Gasteiger partial charge in [0.05, 0.1) is 22.3 Å². The number of halogens is 3. The molecular weight excluding hydrogens is 311 g/mol. The highest BCUT2D eigenvalue weighted by atomic mass is 32.1. The fourth-order valence-corrected chi connectivity index (χ4v) is 2.49. The molecule has 1 N–H and O–H groups in total.